The van der Waals surface area contributed by atoms with Crippen molar-refractivity contribution in [3.63, 3.8) is 0 Å². The van der Waals surface area contributed by atoms with Gasteiger partial charge in [0.25, 0.3) is 0 Å². The van der Waals surface area contributed by atoms with Gasteiger partial charge in [0.15, 0.2) is 0 Å². The minimum absolute atomic E-state index is 0.401. The van der Waals surface area contributed by atoms with Crippen LogP contribution < -0.4 is 0 Å². The molecule has 1 aliphatic heterocycles. The molecule has 0 aromatic carbocycles. The van der Waals surface area contributed by atoms with Gasteiger partial charge in [-0.2, -0.15) is 0 Å². The standard InChI is InChI=1S/C8H12ClN3O/c9-8-11-10-6-12(8)4-3-7-2-1-5-13-7/h6-7H,1-5H2. The molecule has 0 bridgehead atoms. The number of rotatable bonds is 3. The summed E-state index contributed by atoms with van der Waals surface area (Å²) in [6.45, 7) is 1.75. The Balaban J connectivity index is 1.82. The van der Waals surface area contributed by atoms with Gasteiger partial charge in [0.1, 0.15) is 6.33 Å². The Labute approximate surface area is 81.9 Å². The van der Waals surface area contributed by atoms with Crippen LogP contribution in [-0.4, -0.2) is 27.5 Å². The monoisotopic (exact) mass is 201 g/mol. The molecule has 72 valence electrons. The van der Waals surface area contributed by atoms with Gasteiger partial charge in [0.05, 0.1) is 6.10 Å². The number of hydrogen-bond donors (Lipinski definition) is 0. The summed E-state index contributed by atoms with van der Waals surface area (Å²) in [5.41, 5.74) is 0. The van der Waals surface area contributed by atoms with Crippen LogP contribution >= 0.6 is 11.6 Å². The van der Waals surface area contributed by atoms with E-state index < -0.39 is 0 Å². The Hall–Kier alpha value is -0.610. The van der Waals surface area contributed by atoms with Crippen molar-refractivity contribution in [2.45, 2.75) is 31.9 Å². The van der Waals surface area contributed by atoms with E-state index in [0.717, 1.165) is 19.6 Å². The topological polar surface area (TPSA) is 39.9 Å². The highest BCUT2D eigenvalue weighted by atomic mass is 35.5. The number of ether oxygens (including phenoxy) is 1. The minimum Gasteiger partial charge on any atom is -0.378 e. The van der Waals surface area contributed by atoms with Gasteiger partial charge in [-0.05, 0) is 30.9 Å². The van der Waals surface area contributed by atoms with Gasteiger partial charge >= 0.3 is 0 Å². The molecular formula is C8H12ClN3O. The number of halogens is 1. The molecule has 2 rings (SSSR count). The first-order valence-electron chi connectivity index (χ1n) is 4.51. The molecule has 1 aliphatic rings. The van der Waals surface area contributed by atoms with Crippen LogP contribution in [0.3, 0.4) is 0 Å². The summed E-state index contributed by atoms with van der Waals surface area (Å²) in [5.74, 6) is 0. The average molecular weight is 202 g/mol. The zero-order valence-electron chi connectivity index (χ0n) is 7.32. The molecule has 0 saturated carbocycles. The van der Waals surface area contributed by atoms with Crippen LogP contribution in [0.1, 0.15) is 19.3 Å². The summed E-state index contributed by atoms with van der Waals surface area (Å²) < 4.78 is 7.33. The van der Waals surface area contributed by atoms with Crippen molar-refractivity contribution in [1.82, 2.24) is 14.8 Å². The highest BCUT2D eigenvalue weighted by Gasteiger charge is 2.15. The molecule has 0 spiro atoms. The molecular weight excluding hydrogens is 190 g/mol. The smallest absolute Gasteiger partial charge is 0.224 e. The summed E-state index contributed by atoms with van der Waals surface area (Å²) in [6.07, 6.45) is 5.40. The lowest BCUT2D eigenvalue weighted by atomic mass is 10.2. The maximum Gasteiger partial charge on any atom is 0.224 e. The minimum atomic E-state index is 0.401. The Morgan fingerprint density at radius 1 is 1.69 bits per heavy atom. The van der Waals surface area contributed by atoms with Gasteiger partial charge in [-0.1, -0.05) is 0 Å². The van der Waals surface area contributed by atoms with Crippen LogP contribution in [0.2, 0.25) is 5.28 Å². The van der Waals surface area contributed by atoms with Crippen molar-refractivity contribution < 1.29 is 4.74 Å². The van der Waals surface area contributed by atoms with Crippen LogP contribution in [0.5, 0.6) is 0 Å². The fraction of sp³-hybridized carbons (Fsp3) is 0.750. The van der Waals surface area contributed by atoms with E-state index in [-0.39, 0.29) is 0 Å². The summed E-state index contributed by atoms with van der Waals surface area (Å²) in [4.78, 5) is 0. The largest absolute Gasteiger partial charge is 0.378 e. The maximum absolute atomic E-state index is 5.77. The zero-order chi connectivity index (χ0) is 9.10. The lowest BCUT2D eigenvalue weighted by Gasteiger charge is -2.08. The summed E-state index contributed by atoms with van der Waals surface area (Å²) in [6, 6.07) is 0. The zero-order valence-corrected chi connectivity index (χ0v) is 8.07. The molecule has 1 aromatic heterocycles. The first-order chi connectivity index (χ1) is 6.36. The van der Waals surface area contributed by atoms with Crippen LogP contribution in [0.4, 0.5) is 0 Å². The van der Waals surface area contributed by atoms with Gasteiger partial charge in [0, 0.05) is 13.2 Å². The predicted molar refractivity (Wildman–Crippen MR) is 48.6 cm³/mol. The quantitative estimate of drug-likeness (QED) is 0.744. The van der Waals surface area contributed by atoms with Gasteiger partial charge in [-0.25, -0.2) is 0 Å². The van der Waals surface area contributed by atoms with Crippen molar-refractivity contribution in [3.05, 3.63) is 11.6 Å². The van der Waals surface area contributed by atoms with Crippen LogP contribution in [0, 0.1) is 0 Å². The Bertz CT molecular complexity index is 270. The third-order valence-electron chi connectivity index (χ3n) is 2.28. The molecule has 5 heteroatoms. The molecule has 1 atom stereocenters. The Kier molecular flexibility index (Phi) is 2.80. The molecule has 0 amide bonds. The van der Waals surface area contributed by atoms with Crippen molar-refractivity contribution in [1.29, 1.82) is 0 Å². The Morgan fingerprint density at radius 2 is 2.62 bits per heavy atom. The van der Waals surface area contributed by atoms with E-state index in [1.807, 2.05) is 4.57 Å². The fourth-order valence-corrected chi connectivity index (χ4v) is 1.72. The molecule has 0 radical (unpaired) electrons. The summed E-state index contributed by atoms with van der Waals surface area (Å²) in [7, 11) is 0. The lowest BCUT2D eigenvalue weighted by molar-refractivity contribution is 0.100. The highest BCUT2D eigenvalue weighted by molar-refractivity contribution is 6.28. The first-order valence-corrected chi connectivity index (χ1v) is 4.89. The fourth-order valence-electron chi connectivity index (χ4n) is 1.55. The van der Waals surface area contributed by atoms with Crippen molar-refractivity contribution in [3.8, 4) is 0 Å². The third-order valence-corrected chi connectivity index (χ3v) is 2.58. The van der Waals surface area contributed by atoms with E-state index in [1.165, 1.54) is 12.8 Å². The van der Waals surface area contributed by atoms with Crippen molar-refractivity contribution >= 4 is 11.6 Å². The molecule has 0 N–H and O–H groups in total. The van der Waals surface area contributed by atoms with Gasteiger partial charge in [-0.15, -0.1) is 10.2 Å². The van der Waals surface area contributed by atoms with E-state index in [2.05, 4.69) is 10.2 Å². The van der Waals surface area contributed by atoms with Crippen LogP contribution in [0.25, 0.3) is 0 Å². The predicted octanol–water partition coefficient (Wildman–Crippen LogP) is 1.50. The van der Waals surface area contributed by atoms with E-state index >= 15 is 0 Å². The maximum atomic E-state index is 5.77. The number of aromatic nitrogens is 3. The van der Waals surface area contributed by atoms with E-state index in [0.29, 0.717) is 11.4 Å². The van der Waals surface area contributed by atoms with Crippen LogP contribution in [0.15, 0.2) is 6.33 Å². The summed E-state index contributed by atoms with van der Waals surface area (Å²) in [5, 5.41) is 7.86. The number of aryl methyl sites for hydroxylation is 1. The van der Waals surface area contributed by atoms with Gasteiger partial charge in [-0.3, -0.25) is 0 Å². The van der Waals surface area contributed by atoms with Crippen molar-refractivity contribution in [2.75, 3.05) is 6.61 Å². The second kappa shape index (κ2) is 4.07. The summed E-state index contributed by atoms with van der Waals surface area (Å²) >= 11 is 5.77. The first kappa shape index (κ1) is 8.97. The normalized spacial score (nSPS) is 22.4. The molecule has 0 aliphatic carbocycles. The third kappa shape index (κ3) is 2.19. The lowest BCUT2D eigenvalue weighted by Crippen LogP contribution is -2.09. The molecule has 4 nitrogen and oxygen atoms in total. The molecule has 1 fully saturated rings. The van der Waals surface area contributed by atoms with Crippen molar-refractivity contribution in [2.24, 2.45) is 0 Å². The molecule has 2 heterocycles. The number of hydrogen-bond acceptors (Lipinski definition) is 3. The molecule has 1 aromatic rings. The molecule has 1 unspecified atom stereocenters. The SMILES string of the molecule is Clc1nncn1CCC1CCCO1. The highest BCUT2D eigenvalue weighted by Crippen LogP contribution is 2.16. The second-order valence-electron chi connectivity index (χ2n) is 3.22. The molecule has 13 heavy (non-hydrogen) atoms. The van der Waals surface area contributed by atoms with E-state index in [9.17, 15) is 0 Å². The van der Waals surface area contributed by atoms with E-state index in [1.54, 1.807) is 6.33 Å². The van der Waals surface area contributed by atoms with Gasteiger partial charge in [0.2, 0.25) is 5.28 Å². The van der Waals surface area contributed by atoms with E-state index in [4.69, 9.17) is 16.3 Å². The van der Waals surface area contributed by atoms with Gasteiger partial charge < -0.3 is 9.30 Å². The average Bonchev–Trinajstić information content (AvgIpc) is 2.72. The number of nitrogens with zero attached hydrogens (tertiary/aromatic N) is 3. The Morgan fingerprint density at radius 3 is 3.23 bits per heavy atom. The second-order valence-corrected chi connectivity index (χ2v) is 3.56. The van der Waals surface area contributed by atoms with Crippen LogP contribution in [-0.2, 0) is 11.3 Å². The molecule has 1 saturated heterocycles.